The number of para-hydroxylation sites is 2. The predicted molar refractivity (Wildman–Crippen MR) is 54.6 cm³/mol. The Labute approximate surface area is 86.3 Å². The molecule has 1 aromatic rings. The van der Waals surface area contributed by atoms with Gasteiger partial charge in [0.15, 0.2) is 5.75 Å². The van der Waals surface area contributed by atoms with E-state index in [1.54, 1.807) is 24.3 Å². The Hall–Kier alpha value is -1.61. The normalized spacial score (nSPS) is 22.7. The van der Waals surface area contributed by atoms with Crippen LogP contribution >= 0.6 is 7.60 Å². The number of rotatable bonds is 1. The summed E-state index contributed by atoms with van der Waals surface area (Å²) in [5.74, 6) is 0.727. The van der Waals surface area contributed by atoms with Crippen LogP contribution < -0.4 is 4.52 Å². The summed E-state index contributed by atoms with van der Waals surface area (Å²) in [5.41, 5.74) is 0.566. The number of aliphatic imine (C=N–C) groups is 1. The van der Waals surface area contributed by atoms with Crippen molar-refractivity contribution in [2.75, 3.05) is 0 Å². The number of fused-ring (bicyclic) bond motifs is 1. The molecule has 0 spiro atoms. The Balaban J connectivity index is 2.33. The molecular formula is C9H8NO4P. The van der Waals surface area contributed by atoms with Gasteiger partial charge in [-0.05, 0) is 12.1 Å². The van der Waals surface area contributed by atoms with Gasteiger partial charge < -0.3 is 9.05 Å². The summed E-state index contributed by atoms with van der Waals surface area (Å²) in [5, 5.41) is 0. The van der Waals surface area contributed by atoms with Crippen LogP contribution in [-0.2, 0) is 13.9 Å². The van der Waals surface area contributed by atoms with E-state index in [1.165, 1.54) is 0 Å². The van der Waals surface area contributed by atoms with E-state index in [0.29, 0.717) is 11.4 Å². The maximum Gasteiger partial charge on any atom is 0.476 e. The van der Waals surface area contributed by atoms with Crippen molar-refractivity contribution in [2.45, 2.75) is 6.92 Å². The Morgan fingerprint density at radius 1 is 1.47 bits per heavy atom. The topological polar surface area (TPSA) is 65.0 Å². The van der Waals surface area contributed by atoms with E-state index in [2.05, 4.69) is 9.52 Å². The monoisotopic (exact) mass is 225 g/mol. The van der Waals surface area contributed by atoms with Crippen LogP contribution in [-0.4, -0.2) is 11.9 Å². The molecule has 1 heterocycles. The van der Waals surface area contributed by atoms with E-state index >= 15 is 0 Å². The molecule has 1 atom stereocenters. The molecule has 0 amide bonds. The Kier molecular flexibility index (Phi) is 2.32. The fourth-order valence-electron chi connectivity index (χ4n) is 1.16. The zero-order valence-electron chi connectivity index (χ0n) is 7.91. The molecule has 1 aliphatic heterocycles. The van der Waals surface area contributed by atoms with Crippen molar-refractivity contribution >= 4 is 25.2 Å². The van der Waals surface area contributed by atoms with E-state index in [9.17, 15) is 9.36 Å². The van der Waals surface area contributed by atoms with Gasteiger partial charge in [-0.2, -0.15) is 0 Å². The lowest BCUT2D eigenvalue weighted by molar-refractivity contribution is -0.132. The van der Waals surface area contributed by atoms with Crippen LogP contribution in [0.3, 0.4) is 0 Å². The van der Waals surface area contributed by atoms with Crippen LogP contribution in [0, 0.1) is 0 Å². The number of nitrogens with zero attached hydrogens (tertiary/aromatic N) is 1. The van der Waals surface area contributed by atoms with Crippen molar-refractivity contribution in [1.29, 1.82) is 0 Å². The van der Waals surface area contributed by atoms with E-state index in [0.717, 1.165) is 12.9 Å². The quantitative estimate of drug-likeness (QED) is 0.688. The maximum atomic E-state index is 11.8. The highest BCUT2D eigenvalue weighted by Gasteiger charge is 2.31. The van der Waals surface area contributed by atoms with Gasteiger partial charge in [-0.15, -0.1) is 0 Å². The molecule has 6 heteroatoms. The number of hydrogen-bond acceptors (Lipinski definition) is 5. The number of carbonyl (C=O) groups is 1. The van der Waals surface area contributed by atoms with Crippen LogP contribution in [0.15, 0.2) is 29.3 Å². The minimum atomic E-state index is -3.54. The van der Waals surface area contributed by atoms with Crippen LogP contribution in [0.4, 0.5) is 5.69 Å². The van der Waals surface area contributed by atoms with Gasteiger partial charge in [-0.25, -0.2) is 9.56 Å². The Bertz CT molecular complexity index is 483. The first-order valence-electron chi connectivity index (χ1n) is 4.23. The third kappa shape index (κ3) is 2.07. The van der Waals surface area contributed by atoms with E-state index in [-0.39, 0.29) is 0 Å². The summed E-state index contributed by atoms with van der Waals surface area (Å²) >= 11 is 0. The molecular weight excluding hydrogens is 217 g/mol. The first-order valence-corrected chi connectivity index (χ1v) is 5.84. The van der Waals surface area contributed by atoms with E-state index < -0.39 is 13.6 Å². The summed E-state index contributed by atoms with van der Waals surface area (Å²) < 4.78 is 21.5. The molecule has 0 N–H and O–H groups in total. The van der Waals surface area contributed by atoms with E-state index in [1.807, 2.05) is 0 Å². The molecule has 0 aromatic heterocycles. The number of benzene rings is 1. The molecule has 0 bridgehead atoms. The fraction of sp³-hybridized carbons (Fsp3) is 0.111. The standard InChI is InChI=1S/C9H8NO4P/c1-7(11)13-15(12)6-10-8-4-2-3-5-9(8)14-15/h2-6H,1H3. The average Bonchev–Trinajstić information content (AvgIpc) is 2.15. The second-order valence-corrected chi connectivity index (χ2v) is 4.60. The van der Waals surface area contributed by atoms with Gasteiger partial charge in [-0.1, -0.05) is 12.1 Å². The second kappa shape index (κ2) is 3.51. The Morgan fingerprint density at radius 3 is 2.93 bits per heavy atom. The molecule has 0 saturated carbocycles. The molecule has 0 fully saturated rings. The van der Waals surface area contributed by atoms with Crippen molar-refractivity contribution < 1.29 is 18.4 Å². The van der Waals surface area contributed by atoms with Crippen molar-refractivity contribution in [1.82, 2.24) is 0 Å². The lowest BCUT2D eigenvalue weighted by Gasteiger charge is -2.18. The van der Waals surface area contributed by atoms with Gasteiger partial charge in [0, 0.05) is 6.92 Å². The van der Waals surface area contributed by atoms with Crippen molar-refractivity contribution in [3.05, 3.63) is 24.3 Å². The summed E-state index contributed by atoms with van der Waals surface area (Å²) in [6.45, 7) is 1.16. The summed E-state index contributed by atoms with van der Waals surface area (Å²) in [4.78, 5) is 14.6. The highest BCUT2D eigenvalue weighted by molar-refractivity contribution is 7.70. The fourth-order valence-corrected chi connectivity index (χ4v) is 2.34. The lowest BCUT2D eigenvalue weighted by Crippen LogP contribution is -2.05. The molecule has 2 rings (SSSR count). The zero-order chi connectivity index (χ0) is 10.9. The lowest BCUT2D eigenvalue weighted by atomic mass is 10.3. The first kappa shape index (κ1) is 9.93. The molecule has 1 aliphatic rings. The Morgan fingerprint density at radius 2 is 2.20 bits per heavy atom. The van der Waals surface area contributed by atoms with Crippen molar-refractivity contribution in [3.8, 4) is 5.75 Å². The minimum Gasteiger partial charge on any atom is -0.410 e. The SMILES string of the molecule is CC(=O)OP1(=O)C=Nc2ccccc2O1. The highest BCUT2D eigenvalue weighted by atomic mass is 31.2. The van der Waals surface area contributed by atoms with Gasteiger partial charge in [0.05, 0.1) is 0 Å². The van der Waals surface area contributed by atoms with Gasteiger partial charge in [0.1, 0.15) is 11.6 Å². The van der Waals surface area contributed by atoms with Crippen molar-refractivity contribution in [3.63, 3.8) is 0 Å². The summed E-state index contributed by atoms with van der Waals surface area (Å²) in [6, 6.07) is 6.82. The maximum absolute atomic E-state index is 11.8. The third-order valence-electron chi connectivity index (χ3n) is 1.68. The van der Waals surface area contributed by atoms with Gasteiger partial charge >= 0.3 is 13.6 Å². The van der Waals surface area contributed by atoms with E-state index in [4.69, 9.17) is 4.52 Å². The second-order valence-electron chi connectivity index (χ2n) is 2.93. The molecule has 1 aromatic carbocycles. The number of hydrogen-bond donors (Lipinski definition) is 0. The van der Waals surface area contributed by atoms with Gasteiger partial charge in [0.2, 0.25) is 0 Å². The van der Waals surface area contributed by atoms with Crippen molar-refractivity contribution in [2.24, 2.45) is 4.99 Å². The zero-order valence-corrected chi connectivity index (χ0v) is 8.81. The van der Waals surface area contributed by atoms with Gasteiger partial charge in [0.25, 0.3) is 0 Å². The van der Waals surface area contributed by atoms with Crippen LogP contribution in [0.5, 0.6) is 5.75 Å². The largest absolute Gasteiger partial charge is 0.476 e. The molecule has 15 heavy (non-hydrogen) atoms. The molecule has 0 saturated heterocycles. The van der Waals surface area contributed by atoms with Crippen LogP contribution in [0.1, 0.15) is 6.92 Å². The number of carbonyl (C=O) groups excluding carboxylic acids is 1. The predicted octanol–water partition coefficient (Wildman–Crippen LogP) is 2.50. The van der Waals surface area contributed by atoms with Crippen LogP contribution in [0.2, 0.25) is 0 Å². The average molecular weight is 225 g/mol. The highest BCUT2D eigenvalue weighted by Crippen LogP contribution is 2.51. The molecule has 0 radical (unpaired) electrons. The molecule has 1 unspecified atom stereocenters. The molecule has 5 nitrogen and oxygen atoms in total. The third-order valence-corrected chi connectivity index (χ3v) is 3.05. The van der Waals surface area contributed by atoms with Crippen LogP contribution in [0.25, 0.3) is 0 Å². The first-order chi connectivity index (χ1) is 7.09. The smallest absolute Gasteiger partial charge is 0.410 e. The molecule has 78 valence electrons. The van der Waals surface area contributed by atoms with Gasteiger partial charge in [-0.3, -0.25) is 4.79 Å². The minimum absolute atomic E-state index is 0.351. The molecule has 0 aliphatic carbocycles. The summed E-state index contributed by atoms with van der Waals surface area (Å²) in [7, 11) is -3.54. The summed E-state index contributed by atoms with van der Waals surface area (Å²) in [6.07, 6.45) is 0.